The van der Waals surface area contributed by atoms with Crippen LogP contribution in [0.25, 0.3) is 0 Å². The van der Waals surface area contributed by atoms with Crippen LogP contribution in [0, 0.1) is 5.92 Å². The van der Waals surface area contributed by atoms with Gasteiger partial charge in [0, 0.05) is 33.3 Å². The molecule has 102 valence electrons. The zero-order chi connectivity index (χ0) is 11.8. The molecule has 0 aromatic heterocycles. The van der Waals surface area contributed by atoms with Gasteiger partial charge in [-0.25, -0.2) is 0 Å². The van der Waals surface area contributed by atoms with Crippen molar-refractivity contribution in [2.24, 2.45) is 11.7 Å². The first-order valence-electron chi connectivity index (χ1n) is 5.97. The molecule has 0 bridgehead atoms. The molecule has 6 heteroatoms. The standard InChI is InChI=1S/C11H23N3O2.ClH/c1-16-8-7-14-6-2-3-10(9-14)11(15)13-5-4-12;/h10H,2-9,12H2,1H3,(H,13,15);1H. The van der Waals surface area contributed by atoms with Crippen LogP contribution in [0.15, 0.2) is 0 Å². The van der Waals surface area contributed by atoms with E-state index in [-0.39, 0.29) is 24.2 Å². The molecule has 1 heterocycles. The van der Waals surface area contributed by atoms with Gasteiger partial charge in [-0.05, 0) is 19.4 Å². The van der Waals surface area contributed by atoms with E-state index in [0.717, 1.165) is 39.1 Å². The lowest BCUT2D eigenvalue weighted by atomic mass is 9.97. The number of carbonyl (C=O) groups excluding carboxylic acids is 1. The number of hydrogen-bond donors (Lipinski definition) is 2. The normalized spacial score (nSPS) is 20.7. The van der Waals surface area contributed by atoms with Gasteiger partial charge >= 0.3 is 0 Å². The number of methoxy groups -OCH3 is 1. The molecule has 1 aliphatic rings. The largest absolute Gasteiger partial charge is 0.383 e. The molecule has 1 saturated heterocycles. The summed E-state index contributed by atoms with van der Waals surface area (Å²) in [6.07, 6.45) is 2.07. The molecule has 1 amide bonds. The van der Waals surface area contributed by atoms with Crippen LogP contribution < -0.4 is 11.1 Å². The second-order valence-corrected chi connectivity index (χ2v) is 4.21. The highest BCUT2D eigenvalue weighted by Gasteiger charge is 2.24. The summed E-state index contributed by atoms with van der Waals surface area (Å²) in [6, 6.07) is 0. The van der Waals surface area contributed by atoms with Crippen LogP contribution in [-0.4, -0.2) is 57.2 Å². The first-order chi connectivity index (χ1) is 7.77. The molecule has 1 fully saturated rings. The fourth-order valence-corrected chi connectivity index (χ4v) is 2.03. The SMILES string of the molecule is COCCN1CCCC(C(=O)NCCN)C1.Cl. The quantitative estimate of drug-likeness (QED) is 0.701. The van der Waals surface area contributed by atoms with Gasteiger partial charge in [0.05, 0.1) is 12.5 Å². The maximum absolute atomic E-state index is 11.8. The summed E-state index contributed by atoms with van der Waals surface area (Å²) in [5.41, 5.74) is 5.36. The molecule has 3 N–H and O–H groups in total. The molecule has 1 rings (SSSR count). The Bertz CT molecular complexity index is 217. The summed E-state index contributed by atoms with van der Waals surface area (Å²) in [5, 5.41) is 2.86. The van der Waals surface area contributed by atoms with Crippen molar-refractivity contribution in [3.8, 4) is 0 Å². The maximum atomic E-state index is 11.8. The van der Waals surface area contributed by atoms with E-state index < -0.39 is 0 Å². The van der Waals surface area contributed by atoms with Gasteiger partial charge in [-0.3, -0.25) is 4.79 Å². The number of nitrogens with one attached hydrogen (secondary N) is 1. The van der Waals surface area contributed by atoms with Gasteiger partial charge in [0.2, 0.25) is 5.91 Å². The van der Waals surface area contributed by atoms with Gasteiger partial charge in [-0.2, -0.15) is 0 Å². The van der Waals surface area contributed by atoms with Crippen molar-refractivity contribution in [1.29, 1.82) is 0 Å². The number of amides is 1. The number of nitrogens with two attached hydrogens (primary N) is 1. The maximum Gasteiger partial charge on any atom is 0.224 e. The Kier molecular flexibility index (Phi) is 9.44. The number of halogens is 1. The molecule has 0 saturated carbocycles. The average Bonchev–Trinajstić information content (AvgIpc) is 2.33. The average molecular weight is 266 g/mol. The molecule has 0 spiro atoms. The van der Waals surface area contributed by atoms with E-state index in [9.17, 15) is 4.79 Å². The van der Waals surface area contributed by atoms with Crippen molar-refractivity contribution in [2.75, 3.05) is 46.4 Å². The second-order valence-electron chi connectivity index (χ2n) is 4.21. The lowest BCUT2D eigenvalue weighted by Crippen LogP contribution is -2.44. The van der Waals surface area contributed by atoms with Crippen molar-refractivity contribution < 1.29 is 9.53 Å². The van der Waals surface area contributed by atoms with Crippen molar-refractivity contribution in [3.63, 3.8) is 0 Å². The van der Waals surface area contributed by atoms with E-state index in [1.54, 1.807) is 7.11 Å². The molecular weight excluding hydrogens is 242 g/mol. The third-order valence-corrected chi connectivity index (χ3v) is 2.93. The Labute approximate surface area is 109 Å². The lowest BCUT2D eigenvalue weighted by Gasteiger charge is -2.31. The van der Waals surface area contributed by atoms with E-state index in [1.165, 1.54) is 0 Å². The molecule has 0 radical (unpaired) electrons. The van der Waals surface area contributed by atoms with Gasteiger partial charge < -0.3 is 20.7 Å². The number of likely N-dealkylation sites (tertiary alicyclic amines) is 1. The van der Waals surface area contributed by atoms with Crippen LogP contribution in [0.2, 0.25) is 0 Å². The van der Waals surface area contributed by atoms with Crippen molar-refractivity contribution >= 4 is 18.3 Å². The molecular formula is C11H24ClN3O2. The molecule has 0 aromatic rings. The van der Waals surface area contributed by atoms with E-state index >= 15 is 0 Å². The van der Waals surface area contributed by atoms with Gasteiger partial charge in [-0.1, -0.05) is 0 Å². The Hall–Kier alpha value is -0.360. The summed E-state index contributed by atoms with van der Waals surface area (Å²) >= 11 is 0. The first kappa shape index (κ1) is 16.6. The van der Waals surface area contributed by atoms with Gasteiger partial charge in [-0.15, -0.1) is 12.4 Å². The van der Waals surface area contributed by atoms with Crippen LogP contribution in [0.4, 0.5) is 0 Å². The topological polar surface area (TPSA) is 67.6 Å². The van der Waals surface area contributed by atoms with Gasteiger partial charge in [0.1, 0.15) is 0 Å². The highest BCUT2D eigenvalue weighted by molar-refractivity contribution is 5.85. The van der Waals surface area contributed by atoms with Crippen LogP contribution in [-0.2, 0) is 9.53 Å². The summed E-state index contributed by atoms with van der Waals surface area (Å²) in [7, 11) is 1.70. The molecule has 0 aromatic carbocycles. The molecule has 1 aliphatic heterocycles. The van der Waals surface area contributed by atoms with Crippen LogP contribution in [0.5, 0.6) is 0 Å². The number of piperidine rings is 1. The van der Waals surface area contributed by atoms with E-state index in [0.29, 0.717) is 13.1 Å². The molecule has 0 aliphatic carbocycles. The predicted molar refractivity (Wildman–Crippen MR) is 70.4 cm³/mol. The highest BCUT2D eigenvalue weighted by Crippen LogP contribution is 2.16. The summed E-state index contributed by atoms with van der Waals surface area (Å²) in [5.74, 6) is 0.268. The Morgan fingerprint density at radius 1 is 1.59 bits per heavy atom. The molecule has 5 nitrogen and oxygen atoms in total. The van der Waals surface area contributed by atoms with E-state index in [1.807, 2.05) is 0 Å². The zero-order valence-electron chi connectivity index (χ0n) is 10.5. The zero-order valence-corrected chi connectivity index (χ0v) is 11.3. The molecule has 17 heavy (non-hydrogen) atoms. The van der Waals surface area contributed by atoms with Crippen molar-refractivity contribution in [3.05, 3.63) is 0 Å². The minimum absolute atomic E-state index is 0. The fourth-order valence-electron chi connectivity index (χ4n) is 2.03. The van der Waals surface area contributed by atoms with Gasteiger partial charge in [0.25, 0.3) is 0 Å². The number of carbonyl (C=O) groups is 1. The summed E-state index contributed by atoms with van der Waals surface area (Å²) < 4.78 is 5.05. The monoisotopic (exact) mass is 265 g/mol. The predicted octanol–water partition coefficient (Wildman–Crippen LogP) is -0.158. The van der Waals surface area contributed by atoms with Crippen LogP contribution in [0.1, 0.15) is 12.8 Å². The lowest BCUT2D eigenvalue weighted by molar-refractivity contribution is -0.126. The summed E-state index contributed by atoms with van der Waals surface area (Å²) in [4.78, 5) is 14.0. The van der Waals surface area contributed by atoms with Gasteiger partial charge in [0.15, 0.2) is 0 Å². The molecule has 1 unspecified atom stereocenters. The minimum atomic E-state index is 0. The number of rotatable bonds is 6. The Morgan fingerprint density at radius 3 is 3.00 bits per heavy atom. The van der Waals surface area contributed by atoms with Crippen LogP contribution in [0.3, 0.4) is 0 Å². The number of hydrogen-bond acceptors (Lipinski definition) is 4. The number of nitrogens with zero attached hydrogens (tertiary/aromatic N) is 1. The molecule has 1 atom stereocenters. The number of ether oxygens (including phenoxy) is 1. The van der Waals surface area contributed by atoms with E-state index in [2.05, 4.69) is 10.2 Å². The highest BCUT2D eigenvalue weighted by atomic mass is 35.5. The van der Waals surface area contributed by atoms with Crippen molar-refractivity contribution in [1.82, 2.24) is 10.2 Å². The third-order valence-electron chi connectivity index (χ3n) is 2.93. The third kappa shape index (κ3) is 6.21. The van der Waals surface area contributed by atoms with E-state index in [4.69, 9.17) is 10.5 Å². The Morgan fingerprint density at radius 2 is 2.35 bits per heavy atom. The first-order valence-corrected chi connectivity index (χ1v) is 5.97. The van der Waals surface area contributed by atoms with Crippen LogP contribution >= 0.6 is 12.4 Å². The fraction of sp³-hybridized carbons (Fsp3) is 0.909. The smallest absolute Gasteiger partial charge is 0.224 e. The second kappa shape index (κ2) is 9.65. The minimum Gasteiger partial charge on any atom is -0.383 e. The Balaban J connectivity index is 0.00000256. The van der Waals surface area contributed by atoms with Crippen molar-refractivity contribution in [2.45, 2.75) is 12.8 Å². The summed E-state index contributed by atoms with van der Waals surface area (Å²) in [6.45, 7) is 4.65.